The normalized spacial score (nSPS) is 22.0. The topological polar surface area (TPSA) is 64.8 Å². The summed E-state index contributed by atoms with van der Waals surface area (Å²) < 4.78 is 17.0. The zero-order chi connectivity index (χ0) is 17.8. The molecule has 138 valence electrons. The second-order valence-electron chi connectivity index (χ2n) is 7.24. The van der Waals surface area contributed by atoms with Crippen LogP contribution < -0.4 is 0 Å². The van der Waals surface area contributed by atoms with Gasteiger partial charge in [-0.15, -0.1) is 0 Å². The Bertz CT molecular complexity index is 709. The van der Waals surface area contributed by atoms with Crippen LogP contribution in [0.1, 0.15) is 35.5 Å². The Morgan fingerprint density at radius 3 is 2.88 bits per heavy atom. The Kier molecular flexibility index (Phi) is 5.04. The van der Waals surface area contributed by atoms with Crippen LogP contribution in [0.15, 0.2) is 47.2 Å². The molecule has 0 bridgehead atoms. The van der Waals surface area contributed by atoms with E-state index in [9.17, 15) is 4.79 Å². The first-order chi connectivity index (χ1) is 12.7. The summed E-state index contributed by atoms with van der Waals surface area (Å²) in [6, 6.07) is 9.29. The van der Waals surface area contributed by atoms with Crippen molar-refractivity contribution in [2.45, 2.75) is 32.0 Å². The Morgan fingerprint density at radius 1 is 1.27 bits per heavy atom. The minimum atomic E-state index is -0.0148. The van der Waals surface area contributed by atoms with Crippen LogP contribution in [0.4, 0.5) is 0 Å². The number of furan rings is 1. The van der Waals surface area contributed by atoms with E-state index in [-0.39, 0.29) is 17.4 Å². The van der Waals surface area contributed by atoms with Gasteiger partial charge in [0, 0.05) is 19.3 Å². The fourth-order valence-electron chi connectivity index (χ4n) is 3.87. The number of amides is 1. The molecule has 4 heterocycles. The largest absolute Gasteiger partial charge is 0.459 e. The van der Waals surface area contributed by atoms with Gasteiger partial charge in [-0.1, -0.05) is 6.07 Å². The van der Waals surface area contributed by atoms with E-state index in [4.69, 9.17) is 13.9 Å². The zero-order valence-corrected chi connectivity index (χ0v) is 14.8. The first kappa shape index (κ1) is 17.2. The molecule has 2 aromatic heterocycles. The van der Waals surface area contributed by atoms with Gasteiger partial charge >= 0.3 is 0 Å². The first-order valence-corrected chi connectivity index (χ1v) is 9.16. The van der Waals surface area contributed by atoms with Crippen molar-refractivity contribution in [3.8, 4) is 0 Å². The van der Waals surface area contributed by atoms with Crippen molar-refractivity contribution in [3.63, 3.8) is 0 Å². The third kappa shape index (κ3) is 3.81. The highest BCUT2D eigenvalue weighted by Gasteiger charge is 2.43. The van der Waals surface area contributed by atoms with E-state index in [0.29, 0.717) is 19.0 Å². The molecule has 0 radical (unpaired) electrons. The van der Waals surface area contributed by atoms with Crippen molar-refractivity contribution in [1.82, 2.24) is 9.88 Å². The predicted octanol–water partition coefficient (Wildman–Crippen LogP) is 2.90. The molecule has 6 nitrogen and oxygen atoms in total. The summed E-state index contributed by atoms with van der Waals surface area (Å²) in [6.07, 6.45) is 6.38. The Balaban J connectivity index is 1.23. The summed E-state index contributed by atoms with van der Waals surface area (Å²) in [6.45, 7) is 3.37. The van der Waals surface area contributed by atoms with Gasteiger partial charge < -0.3 is 18.8 Å². The van der Waals surface area contributed by atoms with Crippen LogP contribution in [0.25, 0.3) is 0 Å². The molecular formula is C20H24N2O4. The number of hydrogen-bond donors (Lipinski definition) is 0. The van der Waals surface area contributed by atoms with E-state index in [1.165, 1.54) is 0 Å². The number of ether oxygens (including phenoxy) is 2. The van der Waals surface area contributed by atoms with Crippen molar-refractivity contribution < 1.29 is 18.7 Å². The summed E-state index contributed by atoms with van der Waals surface area (Å²) in [5.74, 6) is 0.406. The summed E-state index contributed by atoms with van der Waals surface area (Å²) in [4.78, 5) is 18.5. The molecule has 1 spiro atoms. The number of carbonyl (C=O) groups excluding carboxylic acids is 1. The van der Waals surface area contributed by atoms with Gasteiger partial charge in [0.1, 0.15) is 0 Å². The zero-order valence-electron chi connectivity index (χ0n) is 14.8. The highest BCUT2D eigenvalue weighted by atomic mass is 16.5. The summed E-state index contributed by atoms with van der Waals surface area (Å²) in [5.41, 5.74) is 1.11. The standard InChI is InChI=1S/C20H24N2O4/c23-19(18-5-3-11-25-18)22-9-6-20(7-10-22)12-17(26-15-20)14-24-13-16-4-1-2-8-21-16/h1-5,8,11,17H,6-7,9-10,12-15H2/t17-/m1/s1. The minimum absolute atomic E-state index is 0.0148. The summed E-state index contributed by atoms with van der Waals surface area (Å²) in [5, 5.41) is 0. The molecule has 2 aliphatic heterocycles. The molecule has 0 N–H and O–H groups in total. The van der Waals surface area contributed by atoms with Gasteiger partial charge in [-0.2, -0.15) is 0 Å². The van der Waals surface area contributed by atoms with Gasteiger partial charge in [-0.25, -0.2) is 0 Å². The van der Waals surface area contributed by atoms with E-state index in [1.807, 2.05) is 23.1 Å². The maximum Gasteiger partial charge on any atom is 0.289 e. The first-order valence-electron chi connectivity index (χ1n) is 9.16. The molecule has 0 aromatic carbocycles. The Morgan fingerprint density at radius 2 is 2.15 bits per heavy atom. The van der Waals surface area contributed by atoms with Gasteiger partial charge in [0.05, 0.1) is 37.9 Å². The van der Waals surface area contributed by atoms with Gasteiger partial charge in [-0.3, -0.25) is 9.78 Å². The molecule has 0 aliphatic carbocycles. The van der Waals surface area contributed by atoms with E-state index >= 15 is 0 Å². The second kappa shape index (κ2) is 7.60. The van der Waals surface area contributed by atoms with Crippen LogP contribution >= 0.6 is 0 Å². The van der Waals surface area contributed by atoms with Crippen LogP contribution in [0, 0.1) is 5.41 Å². The third-order valence-corrected chi connectivity index (χ3v) is 5.41. The number of rotatable bonds is 5. The minimum Gasteiger partial charge on any atom is -0.459 e. The Hall–Kier alpha value is -2.18. The number of carbonyl (C=O) groups is 1. The van der Waals surface area contributed by atoms with Crippen LogP contribution in [0.2, 0.25) is 0 Å². The molecule has 4 rings (SSSR count). The van der Waals surface area contributed by atoms with Gasteiger partial charge in [0.25, 0.3) is 5.91 Å². The van der Waals surface area contributed by atoms with Crippen molar-refractivity contribution in [2.24, 2.45) is 5.41 Å². The van der Waals surface area contributed by atoms with Crippen LogP contribution in [0.3, 0.4) is 0 Å². The molecule has 6 heteroatoms. The van der Waals surface area contributed by atoms with Crippen LogP contribution in [-0.4, -0.2) is 48.2 Å². The van der Waals surface area contributed by atoms with E-state index < -0.39 is 0 Å². The summed E-state index contributed by atoms with van der Waals surface area (Å²) in [7, 11) is 0. The maximum atomic E-state index is 12.4. The maximum absolute atomic E-state index is 12.4. The molecule has 0 unspecified atom stereocenters. The molecule has 1 atom stereocenters. The fraction of sp³-hybridized carbons (Fsp3) is 0.500. The van der Waals surface area contributed by atoms with Crippen LogP contribution in [-0.2, 0) is 16.1 Å². The molecule has 1 amide bonds. The number of pyridine rings is 1. The molecule has 2 saturated heterocycles. The van der Waals surface area contributed by atoms with Gasteiger partial charge in [0.2, 0.25) is 0 Å². The number of likely N-dealkylation sites (tertiary alicyclic amines) is 1. The van der Waals surface area contributed by atoms with Crippen molar-refractivity contribution in [3.05, 3.63) is 54.2 Å². The molecule has 26 heavy (non-hydrogen) atoms. The lowest BCUT2D eigenvalue weighted by molar-refractivity contribution is 0.00569. The quantitative estimate of drug-likeness (QED) is 0.824. The molecule has 0 saturated carbocycles. The second-order valence-corrected chi connectivity index (χ2v) is 7.24. The molecule has 2 aliphatic rings. The number of nitrogens with zero attached hydrogens (tertiary/aromatic N) is 2. The lowest BCUT2D eigenvalue weighted by Crippen LogP contribution is -2.43. The van der Waals surface area contributed by atoms with Gasteiger partial charge in [-0.05, 0) is 48.9 Å². The number of piperidine rings is 1. The molecule has 2 aromatic rings. The smallest absolute Gasteiger partial charge is 0.289 e. The average Bonchev–Trinajstić information content (AvgIpc) is 3.34. The predicted molar refractivity (Wildman–Crippen MR) is 94.5 cm³/mol. The highest BCUT2D eigenvalue weighted by molar-refractivity contribution is 5.91. The van der Waals surface area contributed by atoms with Crippen molar-refractivity contribution in [2.75, 3.05) is 26.3 Å². The third-order valence-electron chi connectivity index (χ3n) is 5.41. The highest BCUT2D eigenvalue weighted by Crippen LogP contribution is 2.42. The van der Waals surface area contributed by atoms with Crippen molar-refractivity contribution >= 4 is 5.91 Å². The fourth-order valence-corrected chi connectivity index (χ4v) is 3.87. The van der Waals surface area contributed by atoms with Gasteiger partial charge in [0.15, 0.2) is 5.76 Å². The lowest BCUT2D eigenvalue weighted by Gasteiger charge is -2.38. The van der Waals surface area contributed by atoms with E-state index in [2.05, 4.69) is 4.98 Å². The van der Waals surface area contributed by atoms with Crippen LogP contribution in [0.5, 0.6) is 0 Å². The Labute approximate surface area is 153 Å². The summed E-state index contributed by atoms with van der Waals surface area (Å²) >= 11 is 0. The van der Waals surface area contributed by atoms with E-state index in [0.717, 1.165) is 44.7 Å². The lowest BCUT2D eigenvalue weighted by atomic mass is 9.76. The van der Waals surface area contributed by atoms with Crippen molar-refractivity contribution in [1.29, 1.82) is 0 Å². The van der Waals surface area contributed by atoms with E-state index in [1.54, 1.807) is 24.6 Å². The SMILES string of the molecule is O=C(c1ccco1)N1CCC2(CC1)CO[C@@H](COCc1ccccn1)C2. The number of hydrogen-bond acceptors (Lipinski definition) is 5. The molecular weight excluding hydrogens is 332 g/mol. The average molecular weight is 356 g/mol. The monoisotopic (exact) mass is 356 g/mol. The molecule has 2 fully saturated rings. The number of aromatic nitrogens is 1.